The Hall–Kier alpha value is -0.840. The number of hydrazine groups is 1. The number of pyridine rings is 1. The van der Waals surface area contributed by atoms with Crippen molar-refractivity contribution in [2.24, 2.45) is 5.84 Å². The standard InChI is InChI=1S/C9H7BrClN3/c10-8-6(11)3-1-5-2-4-7(14-12)13-9(5)8/h1-4H,12H2,(H,13,14). The maximum atomic E-state index is 5.94. The molecule has 0 saturated heterocycles. The van der Waals surface area contributed by atoms with Crippen LogP contribution in [0.15, 0.2) is 28.7 Å². The third-order valence-corrected chi connectivity index (χ3v) is 3.25. The van der Waals surface area contributed by atoms with Gasteiger partial charge in [-0.1, -0.05) is 17.7 Å². The van der Waals surface area contributed by atoms with Crippen molar-refractivity contribution < 1.29 is 0 Å². The van der Waals surface area contributed by atoms with E-state index in [0.29, 0.717) is 10.8 Å². The van der Waals surface area contributed by atoms with E-state index in [4.69, 9.17) is 17.4 Å². The second-order valence-corrected chi connectivity index (χ2v) is 3.97. The molecular weight excluding hydrogens is 265 g/mol. The number of rotatable bonds is 1. The number of nitrogens with zero attached hydrogens (tertiary/aromatic N) is 1. The molecule has 0 aliphatic rings. The summed E-state index contributed by atoms with van der Waals surface area (Å²) in [6.45, 7) is 0. The van der Waals surface area contributed by atoms with Gasteiger partial charge in [0.25, 0.3) is 0 Å². The topological polar surface area (TPSA) is 50.9 Å². The Morgan fingerprint density at radius 3 is 2.71 bits per heavy atom. The molecule has 0 radical (unpaired) electrons. The molecule has 1 heterocycles. The summed E-state index contributed by atoms with van der Waals surface area (Å²) in [5.74, 6) is 5.88. The summed E-state index contributed by atoms with van der Waals surface area (Å²) in [5.41, 5.74) is 3.29. The number of hydrogen-bond acceptors (Lipinski definition) is 3. The molecule has 0 unspecified atom stereocenters. The number of anilines is 1. The summed E-state index contributed by atoms with van der Waals surface area (Å²) < 4.78 is 0.786. The molecule has 1 aromatic heterocycles. The molecule has 2 rings (SSSR count). The second kappa shape index (κ2) is 3.73. The molecule has 2 aromatic rings. The normalized spacial score (nSPS) is 10.5. The second-order valence-electron chi connectivity index (χ2n) is 2.77. The van der Waals surface area contributed by atoms with E-state index in [9.17, 15) is 0 Å². The smallest absolute Gasteiger partial charge is 0.140 e. The molecule has 0 atom stereocenters. The van der Waals surface area contributed by atoms with Crippen molar-refractivity contribution in [2.75, 3.05) is 5.43 Å². The van der Waals surface area contributed by atoms with E-state index in [-0.39, 0.29) is 0 Å². The lowest BCUT2D eigenvalue weighted by Gasteiger charge is -2.04. The Morgan fingerprint density at radius 2 is 2.00 bits per heavy atom. The highest BCUT2D eigenvalue weighted by atomic mass is 79.9. The Labute approximate surface area is 94.4 Å². The van der Waals surface area contributed by atoms with Crippen LogP contribution in [0.25, 0.3) is 10.9 Å². The number of aromatic nitrogens is 1. The minimum Gasteiger partial charge on any atom is -0.308 e. The van der Waals surface area contributed by atoms with E-state index in [1.165, 1.54) is 0 Å². The summed E-state index contributed by atoms with van der Waals surface area (Å²) >= 11 is 9.33. The highest BCUT2D eigenvalue weighted by Crippen LogP contribution is 2.30. The van der Waals surface area contributed by atoms with E-state index in [0.717, 1.165) is 15.4 Å². The first-order chi connectivity index (χ1) is 6.72. The predicted molar refractivity (Wildman–Crippen MR) is 62.3 cm³/mol. The van der Waals surface area contributed by atoms with E-state index in [1.54, 1.807) is 0 Å². The first-order valence-electron chi connectivity index (χ1n) is 3.94. The van der Waals surface area contributed by atoms with Crippen LogP contribution in [0.4, 0.5) is 5.82 Å². The van der Waals surface area contributed by atoms with Gasteiger partial charge in [-0.25, -0.2) is 10.8 Å². The molecule has 0 amide bonds. The lowest BCUT2D eigenvalue weighted by molar-refractivity contribution is 1.26. The molecule has 0 bridgehead atoms. The van der Waals surface area contributed by atoms with Gasteiger partial charge >= 0.3 is 0 Å². The number of nitrogen functional groups attached to an aromatic ring is 1. The average Bonchev–Trinajstić information content (AvgIpc) is 2.23. The fourth-order valence-corrected chi connectivity index (χ4v) is 1.81. The van der Waals surface area contributed by atoms with Gasteiger partial charge in [0, 0.05) is 5.39 Å². The molecule has 0 aliphatic carbocycles. The van der Waals surface area contributed by atoms with Crippen LogP contribution in [0.3, 0.4) is 0 Å². The zero-order valence-electron chi connectivity index (χ0n) is 7.09. The first-order valence-corrected chi connectivity index (χ1v) is 5.11. The number of fused-ring (bicyclic) bond motifs is 1. The fraction of sp³-hybridized carbons (Fsp3) is 0. The molecule has 14 heavy (non-hydrogen) atoms. The Morgan fingerprint density at radius 1 is 1.29 bits per heavy atom. The largest absolute Gasteiger partial charge is 0.308 e. The highest BCUT2D eigenvalue weighted by molar-refractivity contribution is 9.10. The van der Waals surface area contributed by atoms with Gasteiger partial charge in [-0.2, -0.15) is 0 Å². The van der Waals surface area contributed by atoms with Crippen LogP contribution >= 0.6 is 27.5 Å². The summed E-state index contributed by atoms with van der Waals surface area (Å²) in [6.07, 6.45) is 0. The van der Waals surface area contributed by atoms with Crippen LogP contribution in [0.2, 0.25) is 5.02 Å². The zero-order chi connectivity index (χ0) is 10.1. The first kappa shape index (κ1) is 9.71. The Kier molecular flexibility index (Phi) is 2.58. The summed E-state index contributed by atoms with van der Waals surface area (Å²) in [5, 5.41) is 1.65. The van der Waals surface area contributed by atoms with Crippen LogP contribution in [-0.2, 0) is 0 Å². The number of hydrogen-bond donors (Lipinski definition) is 2. The van der Waals surface area contributed by atoms with Gasteiger partial charge in [0.2, 0.25) is 0 Å². The monoisotopic (exact) mass is 271 g/mol. The van der Waals surface area contributed by atoms with Gasteiger partial charge < -0.3 is 5.43 Å². The van der Waals surface area contributed by atoms with Gasteiger partial charge in [0.1, 0.15) is 5.82 Å². The van der Waals surface area contributed by atoms with Gasteiger partial charge in [-0.15, -0.1) is 0 Å². The molecule has 3 nitrogen and oxygen atoms in total. The van der Waals surface area contributed by atoms with Gasteiger partial charge in [-0.05, 0) is 34.1 Å². The Balaban J connectivity index is 2.78. The molecule has 0 spiro atoms. The van der Waals surface area contributed by atoms with Crippen molar-refractivity contribution in [1.29, 1.82) is 0 Å². The molecule has 0 fully saturated rings. The quantitative estimate of drug-likeness (QED) is 0.620. The van der Waals surface area contributed by atoms with E-state index in [2.05, 4.69) is 26.3 Å². The maximum Gasteiger partial charge on any atom is 0.140 e. The van der Waals surface area contributed by atoms with Crippen molar-refractivity contribution in [3.63, 3.8) is 0 Å². The molecule has 5 heteroatoms. The SMILES string of the molecule is NNc1ccc2ccc(Cl)c(Br)c2n1. The highest BCUT2D eigenvalue weighted by Gasteiger charge is 2.04. The lowest BCUT2D eigenvalue weighted by Crippen LogP contribution is -2.08. The molecule has 72 valence electrons. The number of nitrogens with two attached hydrogens (primary N) is 1. The van der Waals surface area contributed by atoms with E-state index in [1.807, 2.05) is 24.3 Å². The minimum absolute atomic E-state index is 0.612. The van der Waals surface area contributed by atoms with Crippen LogP contribution in [0.5, 0.6) is 0 Å². The van der Waals surface area contributed by atoms with Crippen molar-refractivity contribution in [2.45, 2.75) is 0 Å². The summed E-state index contributed by atoms with van der Waals surface area (Å²) in [7, 11) is 0. The van der Waals surface area contributed by atoms with Gasteiger partial charge in [0.05, 0.1) is 15.0 Å². The van der Waals surface area contributed by atoms with Gasteiger partial charge in [0.15, 0.2) is 0 Å². The van der Waals surface area contributed by atoms with Crippen LogP contribution in [0, 0.1) is 0 Å². The molecule has 0 saturated carbocycles. The van der Waals surface area contributed by atoms with E-state index >= 15 is 0 Å². The van der Waals surface area contributed by atoms with Crippen LogP contribution < -0.4 is 11.3 Å². The number of benzene rings is 1. The number of nitrogens with one attached hydrogen (secondary N) is 1. The minimum atomic E-state index is 0.612. The predicted octanol–water partition coefficient (Wildman–Crippen LogP) is 2.94. The summed E-state index contributed by atoms with van der Waals surface area (Å²) in [6, 6.07) is 7.47. The number of halogens is 2. The fourth-order valence-electron chi connectivity index (χ4n) is 1.21. The molecule has 0 aliphatic heterocycles. The average molecular weight is 273 g/mol. The molecule has 3 N–H and O–H groups in total. The maximum absolute atomic E-state index is 5.94. The Bertz CT molecular complexity index is 487. The van der Waals surface area contributed by atoms with Crippen molar-refractivity contribution >= 4 is 44.3 Å². The van der Waals surface area contributed by atoms with Crippen LogP contribution in [0.1, 0.15) is 0 Å². The molecule has 1 aromatic carbocycles. The van der Waals surface area contributed by atoms with Crippen molar-refractivity contribution in [3.8, 4) is 0 Å². The van der Waals surface area contributed by atoms with E-state index < -0.39 is 0 Å². The van der Waals surface area contributed by atoms with Crippen LogP contribution in [-0.4, -0.2) is 4.98 Å². The summed E-state index contributed by atoms with van der Waals surface area (Å²) in [4.78, 5) is 4.29. The van der Waals surface area contributed by atoms with Gasteiger partial charge in [-0.3, -0.25) is 0 Å². The zero-order valence-corrected chi connectivity index (χ0v) is 9.43. The van der Waals surface area contributed by atoms with Crippen molar-refractivity contribution in [3.05, 3.63) is 33.8 Å². The lowest BCUT2D eigenvalue weighted by atomic mass is 10.2. The third-order valence-electron chi connectivity index (χ3n) is 1.90. The molecular formula is C9H7BrClN3. The third kappa shape index (κ3) is 1.56. The van der Waals surface area contributed by atoms with Crippen molar-refractivity contribution in [1.82, 2.24) is 4.98 Å².